The Morgan fingerprint density at radius 3 is 2.62 bits per heavy atom. The van der Waals surface area contributed by atoms with E-state index in [1.54, 1.807) is 0 Å². The van der Waals surface area contributed by atoms with E-state index in [1.807, 2.05) is 12.1 Å². The summed E-state index contributed by atoms with van der Waals surface area (Å²) in [6, 6.07) is 9.31. The molecule has 0 bridgehead atoms. The number of hydrogen-bond acceptors (Lipinski definition) is 4. The zero-order chi connectivity index (χ0) is 15.2. The molecule has 1 fully saturated rings. The van der Waals surface area contributed by atoms with Gasteiger partial charge in [-0.25, -0.2) is 0 Å². The Morgan fingerprint density at radius 2 is 1.95 bits per heavy atom. The average molecular weight is 292 g/mol. The van der Waals surface area contributed by atoms with Gasteiger partial charge >= 0.3 is 0 Å². The highest BCUT2D eigenvalue weighted by Gasteiger charge is 2.23. The summed E-state index contributed by atoms with van der Waals surface area (Å²) in [4.78, 5) is 2.48. The lowest BCUT2D eigenvalue weighted by atomic mass is 10.0. The Hall–Kier alpha value is -0.940. The second-order valence-corrected chi connectivity index (χ2v) is 5.97. The molecule has 4 nitrogen and oxygen atoms in total. The second-order valence-electron chi connectivity index (χ2n) is 5.97. The van der Waals surface area contributed by atoms with Crippen molar-refractivity contribution in [3.8, 4) is 0 Å². The van der Waals surface area contributed by atoms with E-state index in [0.29, 0.717) is 12.1 Å². The van der Waals surface area contributed by atoms with E-state index in [4.69, 9.17) is 4.74 Å². The minimum Gasteiger partial charge on any atom is -0.392 e. The second kappa shape index (κ2) is 7.90. The van der Waals surface area contributed by atoms with Crippen LogP contribution >= 0.6 is 0 Å². The molecule has 2 rings (SSSR count). The summed E-state index contributed by atoms with van der Waals surface area (Å²) in [6.45, 7) is 10.5. The summed E-state index contributed by atoms with van der Waals surface area (Å²) in [5.41, 5.74) is 2.19. The van der Waals surface area contributed by atoms with Crippen molar-refractivity contribution >= 4 is 0 Å². The molecule has 3 unspecified atom stereocenters. The van der Waals surface area contributed by atoms with Crippen LogP contribution in [0.5, 0.6) is 0 Å². The van der Waals surface area contributed by atoms with Gasteiger partial charge in [-0.05, 0) is 31.9 Å². The van der Waals surface area contributed by atoms with Crippen molar-refractivity contribution in [3.63, 3.8) is 0 Å². The summed E-state index contributed by atoms with van der Waals surface area (Å²) >= 11 is 0. The van der Waals surface area contributed by atoms with Crippen LogP contribution in [0.1, 0.15) is 37.9 Å². The minimum absolute atomic E-state index is 0.0975. The Balaban J connectivity index is 1.92. The molecule has 1 heterocycles. The first-order chi connectivity index (χ1) is 10.1. The van der Waals surface area contributed by atoms with Crippen molar-refractivity contribution in [3.05, 3.63) is 35.4 Å². The number of hydrogen-bond donors (Lipinski definition) is 2. The quantitative estimate of drug-likeness (QED) is 0.841. The number of aliphatic hydroxyl groups excluding tert-OH is 1. The van der Waals surface area contributed by atoms with E-state index >= 15 is 0 Å². The van der Waals surface area contributed by atoms with Crippen LogP contribution in [0.3, 0.4) is 0 Å². The van der Waals surface area contributed by atoms with Gasteiger partial charge in [-0.15, -0.1) is 0 Å². The van der Waals surface area contributed by atoms with Crippen molar-refractivity contribution in [2.45, 2.75) is 45.5 Å². The van der Waals surface area contributed by atoms with Gasteiger partial charge in [-0.1, -0.05) is 24.3 Å². The molecule has 0 spiro atoms. The molecule has 0 radical (unpaired) electrons. The topological polar surface area (TPSA) is 44.7 Å². The highest BCUT2D eigenvalue weighted by atomic mass is 16.5. The highest BCUT2D eigenvalue weighted by molar-refractivity contribution is 5.25. The van der Waals surface area contributed by atoms with Crippen LogP contribution in [0.25, 0.3) is 0 Å². The molecule has 0 amide bonds. The van der Waals surface area contributed by atoms with Gasteiger partial charge < -0.3 is 15.2 Å². The van der Waals surface area contributed by atoms with Gasteiger partial charge in [0.05, 0.1) is 19.8 Å². The lowest BCUT2D eigenvalue weighted by Gasteiger charge is -2.37. The minimum atomic E-state index is 0.0975. The standard InChI is InChI=1S/C17H28N2O2/c1-13(15(3)19-7-9-21-10-8-19)18-14(2)17-6-4-5-16(11-17)12-20/h4-6,11,13-15,18,20H,7-10,12H2,1-3H3. The molecular weight excluding hydrogens is 264 g/mol. The Labute approximate surface area is 128 Å². The van der Waals surface area contributed by atoms with Crippen LogP contribution in [0, 0.1) is 0 Å². The number of nitrogens with one attached hydrogen (secondary N) is 1. The van der Waals surface area contributed by atoms with Gasteiger partial charge in [-0.2, -0.15) is 0 Å². The van der Waals surface area contributed by atoms with E-state index in [1.165, 1.54) is 5.56 Å². The fourth-order valence-electron chi connectivity index (χ4n) is 2.89. The van der Waals surface area contributed by atoms with Crippen LogP contribution in [0.4, 0.5) is 0 Å². The molecule has 1 aliphatic rings. The summed E-state index contributed by atoms with van der Waals surface area (Å²) in [7, 11) is 0. The van der Waals surface area contributed by atoms with Gasteiger partial charge in [0.1, 0.15) is 0 Å². The smallest absolute Gasteiger partial charge is 0.0681 e. The fraction of sp³-hybridized carbons (Fsp3) is 0.647. The molecule has 2 N–H and O–H groups in total. The van der Waals surface area contributed by atoms with Crippen molar-refractivity contribution in [2.24, 2.45) is 0 Å². The summed E-state index contributed by atoms with van der Waals surface area (Å²) in [5, 5.41) is 12.9. The number of morpholine rings is 1. The van der Waals surface area contributed by atoms with Crippen molar-refractivity contribution < 1.29 is 9.84 Å². The van der Waals surface area contributed by atoms with Gasteiger partial charge in [-0.3, -0.25) is 4.90 Å². The Morgan fingerprint density at radius 1 is 1.24 bits per heavy atom. The van der Waals surface area contributed by atoms with Gasteiger partial charge in [0.25, 0.3) is 0 Å². The molecule has 3 atom stereocenters. The largest absolute Gasteiger partial charge is 0.392 e. The maximum Gasteiger partial charge on any atom is 0.0681 e. The third-order valence-electron chi connectivity index (χ3n) is 4.49. The average Bonchev–Trinajstić information content (AvgIpc) is 2.54. The monoisotopic (exact) mass is 292 g/mol. The Bertz CT molecular complexity index is 433. The predicted octanol–water partition coefficient (Wildman–Crippen LogP) is 1.94. The van der Waals surface area contributed by atoms with E-state index in [-0.39, 0.29) is 12.6 Å². The van der Waals surface area contributed by atoms with Crippen LogP contribution < -0.4 is 5.32 Å². The summed E-state index contributed by atoms with van der Waals surface area (Å²) in [6.07, 6.45) is 0. The zero-order valence-electron chi connectivity index (χ0n) is 13.4. The highest BCUT2D eigenvalue weighted by Crippen LogP contribution is 2.17. The third-order valence-corrected chi connectivity index (χ3v) is 4.49. The zero-order valence-corrected chi connectivity index (χ0v) is 13.4. The van der Waals surface area contributed by atoms with Crippen LogP contribution in [-0.2, 0) is 11.3 Å². The van der Waals surface area contributed by atoms with Crippen molar-refractivity contribution in [1.29, 1.82) is 0 Å². The molecule has 4 heteroatoms. The number of rotatable bonds is 6. The van der Waals surface area contributed by atoms with E-state index in [0.717, 1.165) is 31.9 Å². The molecule has 0 aromatic heterocycles. The van der Waals surface area contributed by atoms with E-state index in [9.17, 15) is 5.11 Å². The van der Waals surface area contributed by atoms with Crippen LogP contribution in [-0.4, -0.2) is 48.4 Å². The Kier molecular flexibility index (Phi) is 6.18. The van der Waals surface area contributed by atoms with Gasteiger partial charge in [0.15, 0.2) is 0 Å². The molecular formula is C17H28N2O2. The maximum absolute atomic E-state index is 9.25. The summed E-state index contributed by atoms with van der Waals surface area (Å²) < 4.78 is 5.42. The first-order valence-electron chi connectivity index (χ1n) is 7.89. The summed E-state index contributed by atoms with van der Waals surface area (Å²) in [5.74, 6) is 0. The van der Waals surface area contributed by atoms with Gasteiger partial charge in [0.2, 0.25) is 0 Å². The van der Waals surface area contributed by atoms with Crippen LogP contribution in [0.2, 0.25) is 0 Å². The molecule has 1 saturated heterocycles. The number of benzene rings is 1. The lowest BCUT2D eigenvalue weighted by Crippen LogP contribution is -2.51. The maximum atomic E-state index is 9.25. The molecule has 1 aromatic rings. The molecule has 21 heavy (non-hydrogen) atoms. The molecule has 0 saturated carbocycles. The lowest BCUT2D eigenvalue weighted by molar-refractivity contribution is 0.0129. The number of nitrogens with zero attached hydrogens (tertiary/aromatic N) is 1. The molecule has 118 valence electrons. The molecule has 1 aliphatic heterocycles. The van der Waals surface area contributed by atoms with Crippen molar-refractivity contribution in [1.82, 2.24) is 10.2 Å². The first-order valence-corrected chi connectivity index (χ1v) is 7.89. The molecule has 1 aromatic carbocycles. The number of aliphatic hydroxyl groups is 1. The molecule has 0 aliphatic carbocycles. The third kappa shape index (κ3) is 4.51. The van der Waals surface area contributed by atoms with E-state index in [2.05, 4.69) is 43.1 Å². The van der Waals surface area contributed by atoms with E-state index < -0.39 is 0 Å². The normalized spacial score (nSPS) is 21.0. The fourth-order valence-corrected chi connectivity index (χ4v) is 2.89. The predicted molar refractivity (Wildman–Crippen MR) is 85.2 cm³/mol. The van der Waals surface area contributed by atoms with Crippen LogP contribution in [0.15, 0.2) is 24.3 Å². The first kappa shape index (κ1) is 16.4. The van der Waals surface area contributed by atoms with Gasteiger partial charge in [0, 0.05) is 31.2 Å². The SMILES string of the molecule is CC(NC(C)C(C)N1CCOCC1)c1cccc(CO)c1. The van der Waals surface area contributed by atoms with Crippen molar-refractivity contribution in [2.75, 3.05) is 26.3 Å². The number of ether oxygens (including phenoxy) is 1.